The van der Waals surface area contributed by atoms with Crippen LogP contribution in [0.15, 0.2) is 24.3 Å². The van der Waals surface area contributed by atoms with Crippen molar-refractivity contribution in [3.05, 3.63) is 24.3 Å². The summed E-state index contributed by atoms with van der Waals surface area (Å²) in [7, 11) is 1.55. The number of carbonyl (C=O) groups is 2. The molecule has 7 heteroatoms. The van der Waals surface area contributed by atoms with E-state index in [1.165, 1.54) is 23.6 Å². The molecule has 126 valence electrons. The molecule has 0 saturated carbocycles. The van der Waals surface area contributed by atoms with Gasteiger partial charge in [0.05, 0.1) is 13.7 Å². The van der Waals surface area contributed by atoms with E-state index in [0.717, 1.165) is 0 Å². The van der Waals surface area contributed by atoms with Crippen molar-refractivity contribution in [1.29, 1.82) is 0 Å². The smallest absolute Gasteiger partial charge is 0.411 e. The van der Waals surface area contributed by atoms with Gasteiger partial charge >= 0.3 is 6.09 Å². The zero-order valence-electron chi connectivity index (χ0n) is 13.5. The minimum Gasteiger partial charge on any atom is -0.493 e. The van der Waals surface area contributed by atoms with Gasteiger partial charge in [-0.1, -0.05) is 12.1 Å². The Morgan fingerprint density at radius 1 is 1.30 bits per heavy atom. The van der Waals surface area contributed by atoms with Crippen LogP contribution in [-0.2, 0) is 9.53 Å². The molecule has 1 fully saturated rings. The maximum absolute atomic E-state index is 12.3. The third-order valence-corrected chi connectivity index (χ3v) is 5.11. The van der Waals surface area contributed by atoms with Gasteiger partial charge in [0, 0.05) is 12.3 Å². The van der Waals surface area contributed by atoms with Crippen LogP contribution in [0.3, 0.4) is 0 Å². The number of amides is 1. The lowest BCUT2D eigenvalue weighted by Crippen LogP contribution is -2.54. The summed E-state index contributed by atoms with van der Waals surface area (Å²) in [4.78, 5) is 24.8. The van der Waals surface area contributed by atoms with Gasteiger partial charge in [-0.3, -0.25) is 9.69 Å². The van der Waals surface area contributed by atoms with E-state index in [-0.39, 0.29) is 19.0 Å². The van der Waals surface area contributed by atoms with Crippen LogP contribution in [0.25, 0.3) is 0 Å². The number of para-hydroxylation sites is 2. The normalized spacial score (nSPS) is 20.2. The van der Waals surface area contributed by atoms with Crippen molar-refractivity contribution >= 4 is 23.6 Å². The fourth-order valence-corrected chi connectivity index (χ4v) is 3.71. The molecule has 0 aliphatic carbocycles. The van der Waals surface area contributed by atoms with Crippen LogP contribution in [0.1, 0.15) is 13.8 Å². The van der Waals surface area contributed by atoms with E-state index < -0.39 is 11.0 Å². The van der Waals surface area contributed by atoms with Gasteiger partial charge in [-0.05, 0) is 26.0 Å². The van der Waals surface area contributed by atoms with Gasteiger partial charge in [0.25, 0.3) is 0 Å². The fourth-order valence-electron chi connectivity index (χ4n) is 2.43. The lowest BCUT2D eigenvalue weighted by Gasteiger charge is -2.34. The summed E-state index contributed by atoms with van der Waals surface area (Å²) in [6.45, 7) is 3.98. The molecule has 1 aliphatic heterocycles. The second-order valence-electron chi connectivity index (χ2n) is 4.98. The molecular weight excluding hydrogens is 318 g/mol. The Labute approximate surface area is 140 Å². The Morgan fingerprint density at radius 3 is 2.61 bits per heavy atom. The molecule has 0 spiro atoms. The highest BCUT2D eigenvalue weighted by Gasteiger charge is 2.50. The number of thioether (sulfide) groups is 1. The quantitative estimate of drug-likeness (QED) is 0.794. The first kappa shape index (κ1) is 17.5. The summed E-state index contributed by atoms with van der Waals surface area (Å²) in [5.74, 6) is 1.64. The van der Waals surface area contributed by atoms with E-state index in [0.29, 0.717) is 23.8 Å². The van der Waals surface area contributed by atoms with Crippen LogP contribution in [0, 0.1) is 0 Å². The van der Waals surface area contributed by atoms with Crippen LogP contribution in [-0.4, -0.2) is 54.3 Å². The number of benzene rings is 1. The minimum atomic E-state index is -1.06. The van der Waals surface area contributed by atoms with Gasteiger partial charge in [0.1, 0.15) is 6.61 Å². The molecule has 0 unspecified atom stereocenters. The van der Waals surface area contributed by atoms with Crippen molar-refractivity contribution in [3.63, 3.8) is 0 Å². The molecule has 23 heavy (non-hydrogen) atoms. The van der Waals surface area contributed by atoms with Crippen molar-refractivity contribution in [1.82, 2.24) is 4.90 Å². The number of nitrogens with zero attached hydrogens (tertiary/aromatic N) is 1. The van der Waals surface area contributed by atoms with Gasteiger partial charge in [0.15, 0.2) is 22.2 Å². The molecule has 2 rings (SSSR count). The number of methoxy groups -OCH3 is 1. The van der Waals surface area contributed by atoms with Gasteiger partial charge in [-0.2, -0.15) is 0 Å². The molecule has 1 aromatic rings. The maximum atomic E-state index is 12.3. The molecule has 1 saturated heterocycles. The van der Waals surface area contributed by atoms with Gasteiger partial charge in [-0.25, -0.2) is 4.79 Å². The third kappa shape index (κ3) is 3.55. The zero-order chi connectivity index (χ0) is 16.9. The summed E-state index contributed by atoms with van der Waals surface area (Å²) in [6, 6.07) is 7.20. The van der Waals surface area contributed by atoms with Gasteiger partial charge in [-0.15, -0.1) is 11.8 Å². The highest BCUT2D eigenvalue weighted by atomic mass is 32.2. The SMILES string of the molecule is CCOC(=O)N1CCS[C@@]1(COc1ccccc1OC)C(C)=O. The van der Waals surface area contributed by atoms with Crippen molar-refractivity contribution in [2.75, 3.05) is 32.6 Å². The van der Waals surface area contributed by atoms with Crippen LogP contribution in [0.2, 0.25) is 0 Å². The highest BCUT2D eigenvalue weighted by Crippen LogP contribution is 2.38. The predicted octanol–water partition coefficient (Wildman–Crippen LogP) is 2.56. The first-order valence-corrected chi connectivity index (χ1v) is 8.39. The fraction of sp³-hybridized carbons (Fsp3) is 0.500. The van der Waals surface area contributed by atoms with E-state index in [1.54, 1.807) is 26.2 Å². The minimum absolute atomic E-state index is 0.0478. The predicted molar refractivity (Wildman–Crippen MR) is 88.1 cm³/mol. The maximum Gasteiger partial charge on any atom is 0.411 e. The molecule has 0 N–H and O–H groups in total. The number of hydrogen-bond acceptors (Lipinski definition) is 6. The van der Waals surface area contributed by atoms with E-state index >= 15 is 0 Å². The lowest BCUT2D eigenvalue weighted by atomic mass is 10.2. The standard InChI is InChI=1S/C16H21NO5S/c1-4-21-15(19)17-9-10-23-16(17,12(2)18)11-22-14-8-6-5-7-13(14)20-3/h5-8H,4,9-11H2,1-3H3/t16-/m0/s1. The zero-order valence-corrected chi connectivity index (χ0v) is 14.4. The van der Waals surface area contributed by atoms with Gasteiger partial charge < -0.3 is 14.2 Å². The van der Waals surface area contributed by atoms with Gasteiger partial charge in [0.2, 0.25) is 0 Å². The largest absolute Gasteiger partial charge is 0.493 e. The number of Topliss-reactive ketones (excluding diaryl/α,β-unsaturated/α-hetero) is 1. The van der Waals surface area contributed by atoms with Crippen molar-refractivity contribution in [2.24, 2.45) is 0 Å². The first-order chi connectivity index (χ1) is 11.0. The number of ether oxygens (including phenoxy) is 3. The lowest BCUT2D eigenvalue weighted by molar-refractivity contribution is -0.124. The first-order valence-electron chi connectivity index (χ1n) is 7.40. The van der Waals surface area contributed by atoms with E-state index in [9.17, 15) is 9.59 Å². The second kappa shape index (κ2) is 7.59. The summed E-state index contributed by atoms with van der Waals surface area (Å²) in [5, 5.41) is 0. The third-order valence-electron chi connectivity index (χ3n) is 3.62. The second-order valence-corrected chi connectivity index (χ2v) is 6.35. The molecule has 1 amide bonds. The number of hydrogen-bond donors (Lipinski definition) is 0. The molecule has 6 nitrogen and oxygen atoms in total. The van der Waals surface area contributed by atoms with E-state index in [4.69, 9.17) is 14.2 Å². The Bertz CT molecular complexity index is 579. The molecule has 1 atom stereocenters. The van der Waals surface area contributed by atoms with Crippen LogP contribution >= 0.6 is 11.8 Å². The molecule has 0 radical (unpaired) electrons. The average Bonchev–Trinajstić information content (AvgIpc) is 2.99. The molecule has 0 bridgehead atoms. The Hall–Kier alpha value is -1.89. The summed E-state index contributed by atoms with van der Waals surface area (Å²) < 4.78 is 16.1. The van der Waals surface area contributed by atoms with E-state index in [1.807, 2.05) is 12.1 Å². The highest BCUT2D eigenvalue weighted by molar-refractivity contribution is 8.01. The van der Waals surface area contributed by atoms with Crippen molar-refractivity contribution in [2.45, 2.75) is 18.7 Å². The van der Waals surface area contributed by atoms with Crippen LogP contribution in [0.5, 0.6) is 11.5 Å². The molecule has 0 aromatic heterocycles. The Balaban J connectivity index is 2.21. The molecule has 1 aliphatic rings. The van der Waals surface area contributed by atoms with Crippen molar-refractivity contribution in [3.8, 4) is 11.5 Å². The molecule has 1 heterocycles. The van der Waals surface area contributed by atoms with Crippen molar-refractivity contribution < 1.29 is 23.8 Å². The molecular formula is C16H21NO5S. The topological polar surface area (TPSA) is 65.1 Å². The number of carbonyl (C=O) groups excluding carboxylic acids is 2. The Morgan fingerprint density at radius 2 is 2.00 bits per heavy atom. The summed E-state index contributed by atoms with van der Waals surface area (Å²) in [5.41, 5.74) is 0. The summed E-state index contributed by atoms with van der Waals surface area (Å²) >= 11 is 1.40. The van der Waals surface area contributed by atoms with E-state index in [2.05, 4.69) is 0 Å². The van der Waals surface area contributed by atoms with Crippen LogP contribution < -0.4 is 9.47 Å². The Kier molecular flexibility index (Phi) is 5.76. The summed E-state index contributed by atoms with van der Waals surface area (Å²) in [6.07, 6.45) is -0.490. The average molecular weight is 339 g/mol. The monoisotopic (exact) mass is 339 g/mol. The number of rotatable bonds is 6. The molecule has 1 aromatic carbocycles. The number of ketones is 1. The van der Waals surface area contributed by atoms with Crippen LogP contribution in [0.4, 0.5) is 4.79 Å².